The quantitative estimate of drug-likeness (QED) is 0.511. The first-order chi connectivity index (χ1) is 10.7. The number of aromatic hydroxyl groups is 1. The number of amides is 1. The molecule has 3 N–H and O–H groups in total. The number of hydrogen-bond acceptors (Lipinski definition) is 5. The Morgan fingerprint density at radius 2 is 2.00 bits per heavy atom. The Hall–Kier alpha value is -2.44. The van der Waals surface area contributed by atoms with Gasteiger partial charge < -0.3 is 0 Å². The average Bonchev–Trinajstić information content (AvgIpc) is 2.86. The Morgan fingerprint density at radius 3 is 2.57 bits per heavy atom. The van der Waals surface area contributed by atoms with Crippen LogP contribution in [0.25, 0.3) is 0 Å². The SMILES string of the molecule is CC(=O)Nc1cc([As](=O)(O)OC(=O)c2cccn2C)ccc1O. The average molecular weight is 382 g/mol. The van der Waals surface area contributed by atoms with Crippen molar-refractivity contribution in [1.82, 2.24) is 4.57 Å². The van der Waals surface area contributed by atoms with E-state index in [1.165, 1.54) is 23.6 Å². The van der Waals surface area contributed by atoms with E-state index < -0.39 is 26.0 Å². The number of carbonyl (C=O) groups is 2. The summed E-state index contributed by atoms with van der Waals surface area (Å²) in [5, 5.41) is 11.9. The van der Waals surface area contributed by atoms with Crippen molar-refractivity contribution in [2.24, 2.45) is 7.05 Å². The molecule has 0 radical (unpaired) electrons. The molecule has 0 spiro atoms. The van der Waals surface area contributed by atoms with Crippen molar-refractivity contribution in [3.63, 3.8) is 0 Å². The number of phenols is 1. The number of aryl methyl sites for hydroxylation is 1. The molecule has 23 heavy (non-hydrogen) atoms. The molecule has 2 rings (SSSR count). The van der Waals surface area contributed by atoms with E-state index in [1.807, 2.05) is 0 Å². The molecule has 9 heteroatoms. The van der Waals surface area contributed by atoms with Crippen LogP contribution in [0.5, 0.6) is 5.75 Å². The topological polar surface area (TPSA) is 118 Å². The van der Waals surface area contributed by atoms with Crippen LogP contribution >= 0.6 is 0 Å². The number of benzene rings is 1. The number of aromatic nitrogens is 1. The van der Waals surface area contributed by atoms with Crippen LogP contribution in [-0.4, -0.2) is 39.8 Å². The third kappa shape index (κ3) is 3.85. The van der Waals surface area contributed by atoms with E-state index in [-0.39, 0.29) is 21.5 Å². The van der Waals surface area contributed by atoms with Crippen molar-refractivity contribution >= 4 is 36.1 Å². The molecule has 1 amide bonds. The molecule has 1 unspecified atom stereocenters. The van der Waals surface area contributed by atoms with E-state index in [0.717, 1.165) is 12.1 Å². The van der Waals surface area contributed by atoms with Crippen molar-refractivity contribution in [3.05, 3.63) is 42.2 Å². The maximum absolute atomic E-state index is 12.4. The van der Waals surface area contributed by atoms with Gasteiger partial charge in [0.1, 0.15) is 0 Å². The Morgan fingerprint density at radius 1 is 1.30 bits per heavy atom. The second kappa shape index (κ2) is 6.35. The zero-order valence-corrected chi connectivity index (χ0v) is 14.3. The standard InChI is InChI=1S/C14H15AsN2O6/c1-9(18)16-11-8-10(5-6-13(11)19)15(21,22)23-14(20)12-4-3-7-17(12)2/h3-8,19H,1-2H3,(H,16,18)(H,21,22). The zero-order chi connectivity index (χ0) is 17.2. The van der Waals surface area contributed by atoms with Crippen LogP contribution in [0.1, 0.15) is 17.4 Å². The van der Waals surface area contributed by atoms with Gasteiger partial charge in [-0.25, -0.2) is 0 Å². The third-order valence-electron chi connectivity index (χ3n) is 2.98. The van der Waals surface area contributed by atoms with E-state index in [4.69, 9.17) is 3.73 Å². The molecule has 0 aliphatic rings. The molecular formula is C14H15AsN2O6. The van der Waals surface area contributed by atoms with Gasteiger partial charge in [0.05, 0.1) is 0 Å². The van der Waals surface area contributed by atoms with Gasteiger partial charge in [0.25, 0.3) is 0 Å². The molecule has 0 aliphatic heterocycles. The molecule has 2 aromatic rings. The van der Waals surface area contributed by atoms with Gasteiger partial charge >= 0.3 is 134 Å². The van der Waals surface area contributed by atoms with E-state index in [0.29, 0.717) is 0 Å². The van der Waals surface area contributed by atoms with Crippen LogP contribution in [0.4, 0.5) is 5.69 Å². The fourth-order valence-corrected chi connectivity index (χ4v) is 3.93. The maximum atomic E-state index is 12.4. The molecule has 1 aromatic heterocycles. The number of rotatable bonds is 4. The van der Waals surface area contributed by atoms with E-state index >= 15 is 0 Å². The molecule has 0 aliphatic carbocycles. The van der Waals surface area contributed by atoms with Gasteiger partial charge in [-0.2, -0.15) is 0 Å². The molecular weight excluding hydrogens is 367 g/mol. The molecule has 1 atom stereocenters. The van der Waals surface area contributed by atoms with Crippen molar-refractivity contribution in [2.75, 3.05) is 5.32 Å². The summed E-state index contributed by atoms with van der Waals surface area (Å²) in [5.41, 5.74) is 0.0853. The monoisotopic (exact) mass is 382 g/mol. The fourth-order valence-electron chi connectivity index (χ4n) is 1.87. The Kier molecular flexibility index (Phi) is 4.68. The molecule has 0 fully saturated rings. The molecule has 122 valence electrons. The molecule has 0 bridgehead atoms. The number of phenolic OH excluding ortho intramolecular Hbond substituents is 1. The van der Waals surface area contributed by atoms with Crippen LogP contribution in [0.15, 0.2) is 36.5 Å². The second-order valence-corrected chi connectivity index (χ2v) is 8.44. The van der Waals surface area contributed by atoms with E-state index in [1.54, 1.807) is 19.3 Å². The number of carbonyl (C=O) groups excluding carboxylic acids is 2. The van der Waals surface area contributed by atoms with E-state index in [2.05, 4.69) is 5.32 Å². The number of nitrogens with one attached hydrogen (secondary N) is 1. The van der Waals surface area contributed by atoms with Gasteiger partial charge in [-0.3, -0.25) is 0 Å². The van der Waals surface area contributed by atoms with Crippen molar-refractivity contribution in [1.29, 1.82) is 0 Å². The van der Waals surface area contributed by atoms with Gasteiger partial charge in [0.2, 0.25) is 0 Å². The van der Waals surface area contributed by atoms with Crippen LogP contribution in [0.3, 0.4) is 0 Å². The summed E-state index contributed by atoms with van der Waals surface area (Å²) in [6.07, 6.45) is 1.60. The van der Waals surface area contributed by atoms with Gasteiger partial charge in [-0.1, -0.05) is 0 Å². The summed E-state index contributed by atoms with van der Waals surface area (Å²) < 4.78 is 28.5. The summed E-state index contributed by atoms with van der Waals surface area (Å²) >= 11 is -5.19. The van der Waals surface area contributed by atoms with Crippen LogP contribution < -0.4 is 9.67 Å². The minimum absolute atomic E-state index is 0.0411. The predicted molar refractivity (Wildman–Crippen MR) is 81.5 cm³/mol. The minimum atomic E-state index is -5.19. The number of hydrogen-bond donors (Lipinski definition) is 3. The fraction of sp³-hybridized carbons (Fsp3) is 0.143. The summed E-state index contributed by atoms with van der Waals surface area (Å²) in [6, 6.07) is 6.47. The predicted octanol–water partition coefficient (Wildman–Crippen LogP) is 0.115. The van der Waals surface area contributed by atoms with Gasteiger partial charge in [-0.05, 0) is 0 Å². The zero-order valence-electron chi connectivity index (χ0n) is 12.4. The van der Waals surface area contributed by atoms with E-state index in [9.17, 15) is 22.5 Å². The summed E-state index contributed by atoms with van der Waals surface area (Å²) in [4.78, 5) is 23.0. The number of anilines is 1. The van der Waals surface area contributed by atoms with Gasteiger partial charge in [0, 0.05) is 0 Å². The summed E-state index contributed by atoms with van der Waals surface area (Å²) in [6.45, 7) is 1.23. The van der Waals surface area contributed by atoms with Crippen molar-refractivity contribution in [3.8, 4) is 5.75 Å². The first kappa shape index (κ1) is 16.9. The van der Waals surface area contributed by atoms with Crippen LogP contribution in [0.2, 0.25) is 0 Å². The summed E-state index contributed by atoms with van der Waals surface area (Å²) in [5.74, 6) is -1.66. The Bertz CT molecular complexity index is 813. The molecule has 8 nitrogen and oxygen atoms in total. The normalized spacial score (nSPS) is 13.2. The van der Waals surface area contributed by atoms with Crippen LogP contribution in [-0.2, 0) is 19.3 Å². The molecule has 1 aromatic carbocycles. The van der Waals surface area contributed by atoms with Gasteiger partial charge in [-0.15, -0.1) is 0 Å². The van der Waals surface area contributed by atoms with Crippen molar-refractivity contribution in [2.45, 2.75) is 6.92 Å². The molecule has 0 saturated heterocycles. The number of nitrogens with zero attached hydrogens (tertiary/aromatic N) is 1. The Labute approximate surface area is 134 Å². The third-order valence-corrected chi connectivity index (χ3v) is 5.80. The summed E-state index contributed by atoms with van der Waals surface area (Å²) in [7, 11) is 1.60. The second-order valence-electron chi connectivity index (χ2n) is 4.79. The first-order valence-electron chi connectivity index (χ1n) is 6.50. The van der Waals surface area contributed by atoms with Crippen LogP contribution in [0, 0.1) is 0 Å². The Balaban J connectivity index is 2.29. The van der Waals surface area contributed by atoms with Gasteiger partial charge in [0.15, 0.2) is 0 Å². The molecule has 0 saturated carbocycles. The first-order valence-corrected chi connectivity index (χ1v) is 9.81. The van der Waals surface area contributed by atoms with Crippen molar-refractivity contribution < 1.29 is 26.3 Å². The molecule has 1 heterocycles.